The van der Waals surface area contributed by atoms with Gasteiger partial charge in [-0.15, -0.1) is 0 Å². The van der Waals surface area contributed by atoms with Gasteiger partial charge >= 0.3 is 23.9 Å². The lowest BCUT2D eigenvalue weighted by molar-refractivity contribution is -0.400. The lowest BCUT2D eigenvalue weighted by Gasteiger charge is -2.36. The number of halogens is 9. The fourth-order valence-corrected chi connectivity index (χ4v) is 1.36. The van der Waals surface area contributed by atoms with E-state index in [0.717, 1.165) is 18.2 Å². The molecule has 0 saturated heterocycles. The van der Waals surface area contributed by atoms with E-state index >= 15 is 0 Å². The molecule has 0 aliphatic carbocycles. The fourth-order valence-electron chi connectivity index (χ4n) is 1.36. The second-order valence-electron chi connectivity index (χ2n) is 3.59. The van der Waals surface area contributed by atoms with Gasteiger partial charge in [-0.2, -0.15) is 35.1 Å². The summed E-state index contributed by atoms with van der Waals surface area (Å²) in [6, 6.07) is 3.20. The normalized spacial score (nSPS) is 14.6. The molecular weight excluding hydrogens is 291 g/mol. The Morgan fingerprint density at radius 2 is 0.947 bits per heavy atom. The van der Waals surface area contributed by atoms with E-state index in [0.29, 0.717) is 0 Å². The molecule has 0 aliphatic heterocycles. The van der Waals surface area contributed by atoms with Crippen molar-refractivity contribution in [3.8, 4) is 0 Å². The Morgan fingerprint density at radius 3 is 1.26 bits per heavy atom. The predicted octanol–water partition coefficient (Wildman–Crippen LogP) is 4.61. The molecule has 0 atom stereocenters. The minimum absolute atomic E-state index is 0.284. The summed E-state index contributed by atoms with van der Waals surface area (Å²) in [7, 11) is 0. The Kier molecular flexibility index (Phi) is 3.55. The van der Waals surface area contributed by atoms with Crippen LogP contribution in [0.4, 0.5) is 39.5 Å². The van der Waals surface area contributed by atoms with Crippen molar-refractivity contribution < 1.29 is 39.5 Å². The quantitative estimate of drug-likeness (QED) is 0.699. The first-order valence-electron chi connectivity index (χ1n) is 4.61. The maximum absolute atomic E-state index is 13.4. The van der Waals surface area contributed by atoms with Gasteiger partial charge in [0, 0.05) is 5.56 Å². The number of benzene rings is 1. The first-order valence-corrected chi connectivity index (χ1v) is 4.61. The zero-order valence-electron chi connectivity index (χ0n) is 8.79. The highest BCUT2D eigenvalue weighted by atomic mass is 19.4. The average molecular weight is 296 g/mol. The van der Waals surface area contributed by atoms with Gasteiger partial charge in [-0.05, 0) is 0 Å². The smallest absolute Gasteiger partial charge is 0.216 e. The Bertz CT molecular complexity index is 415. The zero-order valence-corrected chi connectivity index (χ0v) is 8.79. The molecule has 0 radical (unpaired) electrons. The second kappa shape index (κ2) is 4.31. The summed E-state index contributed by atoms with van der Waals surface area (Å²) in [5.74, 6) is -5.80. The second-order valence-corrected chi connectivity index (χ2v) is 3.59. The van der Waals surface area contributed by atoms with Gasteiger partial charge in [0.05, 0.1) is 0 Å². The van der Waals surface area contributed by atoms with Crippen LogP contribution in [0, 0.1) is 0 Å². The van der Waals surface area contributed by atoms with Crippen LogP contribution in [0.5, 0.6) is 0 Å². The summed E-state index contributed by atoms with van der Waals surface area (Å²) in [5.41, 5.74) is -8.37. The van der Waals surface area contributed by atoms with Crippen LogP contribution in [0.3, 0.4) is 0 Å². The molecule has 0 N–H and O–H groups in total. The van der Waals surface area contributed by atoms with Gasteiger partial charge in [0.2, 0.25) is 0 Å². The number of hydrogen-bond donors (Lipinski definition) is 0. The molecule has 0 fully saturated rings. The van der Waals surface area contributed by atoms with Crippen molar-refractivity contribution in [2.24, 2.45) is 0 Å². The molecule has 19 heavy (non-hydrogen) atoms. The van der Waals surface area contributed by atoms with Crippen molar-refractivity contribution >= 4 is 0 Å². The van der Waals surface area contributed by atoms with Crippen LogP contribution in [0.2, 0.25) is 0 Å². The van der Waals surface area contributed by atoms with E-state index in [4.69, 9.17) is 0 Å². The summed E-state index contributed by atoms with van der Waals surface area (Å²) < 4.78 is 113. The molecule has 0 unspecified atom stereocenters. The molecule has 9 heteroatoms. The van der Waals surface area contributed by atoms with E-state index in [1.165, 1.54) is 0 Å². The zero-order chi connectivity index (χ0) is 15.1. The van der Waals surface area contributed by atoms with Crippen molar-refractivity contribution in [3.05, 3.63) is 35.9 Å². The third-order valence-electron chi connectivity index (χ3n) is 2.35. The fraction of sp³-hybridized carbons (Fsp3) is 0.400. The van der Waals surface area contributed by atoms with E-state index in [-0.39, 0.29) is 12.1 Å². The largest absolute Gasteiger partial charge is 0.438 e. The highest BCUT2D eigenvalue weighted by Gasteiger charge is 2.84. The SMILES string of the molecule is FC(F)(F)C(F)(C(F)(F)F)C(F)(F)c1ccccc1. The Hall–Kier alpha value is -1.41. The Labute approximate surface area is 100 Å². The first-order chi connectivity index (χ1) is 8.36. The van der Waals surface area contributed by atoms with Crippen molar-refractivity contribution in [2.45, 2.75) is 23.9 Å². The van der Waals surface area contributed by atoms with Gasteiger partial charge in [0.1, 0.15) is 0 Å². The predicted molar refractivity (Wildman–Crippen MR) is 46.3 cm³/mol. The van der Waals surface area contributed by atoms with Gasteiger partial charge in [0.25, 0.3) is 0 Å². The molecule has 0 nitrogen and oxygen atoms in total. The summed E-state index contributed by atoms with van der Waals surface area (Å²) in [6.07, 6.45) is -13.6. The van der Waals surface area contributed by atoms with Crippen LogP contribution in [-0.2, 0) is 5.92 Å². The monoisotopic (exact) mass is 296 g/mol. The van der Waals surface area contributed by atoms with Crippen LogP contribution in [-0.4, -0.2) is 18.0 Å². The number of alkyl halides is 9. The van der Waals surface area contributed by atoms with E-state index in [9.17, 15) is 39.5 Å². The molecule has 1 rings (SSSR count). The van der Waals surface area contributed by atoms with Crippen molar-refractivity contribution in [3.63, 3.8) is 0 Å². The molecule has 0 aromatic heterocycles. The molecular formula is C10H5F9. The van der Waals surface area contributed by atoms with E-state index < -0.39 is 29.5 Å². The minimum Gasteiger partial charge on any atom is -0.216 e. The third kappa shape index (κ3) is 2.25. The lowest BCUT2D eigenvalue weighted by Crippen LogP contribution is -2.63. The van der Waals surface area contributed by atoms with E-state index in [1.54, 1.807) is 0 Å². The minimum atomic E-state index is -6.81. The average Bonchev–Trinajstić information content (AvgIpc) is 2.26. The Balaban J connectivity index is 3.51. The molecule has 108 valence electrons. The lowest BCUT2D eigenvalue weighted by atomic mass is 9.90. The summed E-state index contributed by atoms with van der Waals surface area (Å²) in [6.45, 7) is 0. The topological polar surface area (TPSA) is 0 Å². The van der Waals surface area contributed by atoms with Crippen LogP contribution in [0.25, 0.3) is 0 Å². The summed E-state index contributed by atoms with van der Waals surface area (Å²) in [5, 5.41) is 0. The van der Waals surface area contributed by atoms with E-state index in [2.05, 4.69) is 0 Å². The third-order valence-corrected chi connectivity index (χ3v) is 2.35. The molecule has 0 aliphatic rings. The van der Waals surface area contributed by atoms with Crippen molar-refractivity contribution in [1.82, 2.24) is 0 Å². The number of rotatable bonds is 2. The highest BCUT2D eigenvalue weighted by molar-refractivity contribution is 5.26. The summed E-state index contributed by atoms with van der Waals surface area (Å²) >= 11 is 0. The number of hydrogen-bond acceptors (Lipinski definition) is 0. The van der Waals surface area contributed by atoms with Crippen molar-refractivity contribution in [1.29, 1.82) is 0 Å². The van der Waals surface area contributed by atoms with Gasteiger partial charge in [-0.3, -0.25) is 0 Å². The van der Waals surface area contributed by atoms with Crippen LogP contribution in [0.1, 0.15) is 5.56 Å². The van der Waals surface area contributed by atoms with Gasteiger partial charge < -0.3 is 0 Å². The van der Waals surface area contributed by atoms with Crippen LogP contribution >= 0.6 is 0 Å². The molecule has 0 bridgehead atoms. The van der Waals surface area contributed by atoms with Crippen LogP contribution in [0.15, 0.2) is 30.3 Å². The van der Waals surface area contributed by atoms with E-state index in [1.807, 2.05) is 0 Å². The summed E-state index contributed by atoms with van der Waals surface area (Å²) in [4.78, 5) is 0. The molecule has 0 spiro atoms. The van der Waals surface area contributed by atoms with Gasteiger partial charge in [-0.25, -0.2) is 4.39 Å². The maximum atomic E-state index is 13.4. The molecule has 1 aromatic carbocycles. The molecule has 0 amide bonds. The first kappa shape index (κ1) is 15.6. The Morgan fingerprint density at radius 1 is 0.579 bits per heavy atom. The van der Waals surface area contributed by atoms with Crippen molar-refractivity contribution in [2.75, 3.05) is 0 Å². The van der Waals surface area contributed by atoms with Gasteiger partial charge in [-0.1, -0.05) is 30.3 Å². The molecule has 0 saturated carbocycles. The van der Waals surface area contributed by atoms with Crippen LogP contribution < -0.4 is 0 Å². The molecule has 0 heterocycles. The van der Waals surface area contributed by atoms with Gasteiger partial charge in [0.15, 0.2) is 0 Å². The highest BCUT2D eigenvalue weighted by Crippen LogP contribution is 2.58. The molecule has 1 aromatic rings. The maximum Gasteiger partial charge on any atom is 0.438 e. The standard InChI is InChI=1S/C10H5F9/c11-7(12,6-4-2-1-3-5-6)8(13,9(14,15)16)10(17,18)19/h1-5H.